The fraction of sp³-hybridized carbons (Fsp3) is 0.462. The van der Waals surface area contributed by atoms with Gasteiger partial charge in [-0.15, -0.1) is 0 Å². The van der Waals surface area contributed by atoms with Gasteiger partial charge < -0.3 is 10.4 Å². The molecule has 1 heterocycles. The van der Waals surface area contributed by atoms with Gasteiger partial charge in [-0.25, -0.2) is 4.79 Å². The van der Waals surface area contributed by atoms with Gasteiger partial charge >= 0.3 is 5.97 Å². The summed E-state index contributed by atoms with van der Waals surface area (Å²) in [6, 6.07) is 2.55. The first-order chi connectivity index (χ1) is 8.45. The van der Waals surface area contributed by atoms with E-state index in [4.69, 9.17) is 5.11 Å². The molecule has 5 nitrogen and oxygen atoms in total. The molecular formula is C13H18N2O3. The van der Waals surface area contributed by atoms with Gasteiger partial charge in [-0.1, -0.05) is 13.3 Å². The Hall–Kier alpha value is -1.91. The fourth-order valence-corrected chi connectivity index (χ4v) is 1.71. The Labute approximate surface area is 106 Å². The molecule has 0 fully saturated rings. The molecule has 98 valence electrons. The molecule has 1 amide bonds. The number of pyridine rings is 1. The molecule has 0 unspecified atom stereocenters. The lowest BCUT2D eigenvalue weighted by Gasteiger charge is -2.14. The molecule has 0 radical (unpaired) electrons. The summed E-state index contributed by atoms with van der Waals surface area (Å²) in [5.41, 5.74) is 1.85. The smallest absolute Gasteiger partial charge is 0.326 e. The predicted molar refractivity (Wildman–Crippen MR) is 67.5 cm³/mol. The van der Waals surface area contributed by atoms with Gasteiger partial charge in [-0.3, -0.25) is 9.78 Å². The van der Waals surface area contributed by atoms with Crippen LogP contribution in [-0.2, 0) is 4.79 Å². The lowest BCUT2D eigenvalue weighted by Crippen LogP contribution is -2.40. The second kappa shape index (κ2) is 6.14. The zero-order chi connectivity index (χ0) is 13.7. The van der Waals surface area contributed by atoms with E-state index < -0.39 is 12.0 Å². The van der Waals surface area contributed by atoms with E-state index in [1.807, 2.05) is 13.8 Å². The number of rotatable bonds is 5. The average Bonchev–Trinajstić information content (AvgIpc) is 2.27. The van der Waals surface area contributed by atoms with Crippen molar-refractivity contribution in [3.63, 3.8) is 0 Å². The van der Waals surface area contributed by atoms with Crippen molar-refractivity contribution >= 4 is 11.9 Å². The molecule has 0 saturated carbocycles. The third-order valence-electron chi connectivity index (χ3n) is 2.65. The van der Waals surface area contributed by atoms with Crippen LogP contribution in [-0.4, -0.2) is 28.0 Å². The quantitative estimate of drug-likeness (QED) is 0.833. The highest BCUT2D eigenvalue weighted by Crippen LogP contribution is 2.07. The minimum Gasteiger partial charge on any atom is -0.480 e. The Morgan fingerprint density at radius 3 is 2.56 bits per heavy atom. The molecule has 0 aliphatic rings. The fourth-order valence-electron chi connectivity index (χ4n) is 1.71. The number of carboxylic acid groups (broad SMARTS) is 1. The summed E-state index contributed by atoms with van der Waals surface area (Å²) < 4.78 is 0. The van der Waals surface area contributed by atoms with Gasteiger partial charge in [-0.2, -0.15) is 0 Å². The number of hydrogen-bond donors (Lipinski definition) is 2. The third-order valence-corrected chi connectivity index (χ3v) is 2.65. The molecule has 0 aromatic carbocycles. The summed E-state index contributed by atoms with van der Waals surface area (Å²) >= 11 is 0. The van der Waals surface area contributed by atoms with E-state index in [1.54, 1.807) is 19.1 Å². The Bertz CT molecular complexity index is 458. The molecule has 1 rings (SSSR count). The first kappa shape index (κ1) is 14.2. The number of hydrogen-bond acceptors (Lipinski definition) is 3. The molecule has 0 saturated heterocycles. The number of amides is 1. The minimum absolute atomic E-state index is 0.388. The van der Waals surface area contributed by atoms with Crippen LogP contribution in [0.25, 0.3) is 0 Å². The van der Waals surface area contributed by atoms with Crippen LogP contribution < -0.4 is 5.32 Å². The summed E-state index contributed by atoms with van der Waals surface area (Å²) in [4.78, 5) is 27.1. The predicted octanol–water partition coefficient (Wildman–Crippen LogP) is 1.68. The van der Waals surface area contributed by atoms with Crippen molar-refractivity contribution in [2.45, 2.75) is 39.7 Å². The van der Waals surface area contributed by atoms with E-state index in [1.165, 1.54) is 0 Å². The van der Waals surface area contributed by atoms with Crippen molar-refractivity contribution in [3.05, 3.63) is 29.1 Å². The summed E-state index contributed by atoms with van der Waals surface area (Å²) in [7, 11) is 0. The van der Waals surface area contributed by atoms with Crippen molar-refractivity contribution < 1.29 is 14.7 Å². The summed E-state index contributed by atoms with van der Waals surface area (Å²) in [6.07, 6.45) is 1.11. The van der Waals surface area contributed by atoms with E-state index in [0.29, 0.717) is 24.1 Å². The lowest BCUT2D eigenvalue weighted by molar-refractivity contribution is -0.139. The van der Waals surface area contributed by atoms with Crippen molar-refractivity contribution in [2.24, 2.45) is 0 Å². The number of aryl methyl sites for hydroxylation is 2. The second-order valence-corrected chi connectivity index (χ2v) is 4.24. The number of carbonyl (C=O) groups excluding carboxylic acids is 1. The Balaban J connectivity index is 2.83. The molecule has 1 atom stereocenters. The third kappa shape index (κ3) is 3.55. The van der Waals surface area contributed by atoms with Crippen LogP contribution in [0.5, 0.6) is 0 Å². The van der Waals surface area contributed by atoms with Gasteiger partial charge in [-0.05, 0) is 32.4 Å². The van der Waals surface area contributed by atoms with Gasteiger partial charge in [0.1, 0.15) is 6.04 Å². The molecular weight excluding hydrogens is 232 g/mol. The summed E-state index contributed by atoms with van der Waals surface area (Å²) in [5, 5.41) is 11.5. The van der Waals surface area contributed by atoms with Gasteiger partial charge in [0, 0.05) is 5.69 Å². The molecule has 1 aromatic rings. The summed E-state index contributed by atoms with van der Waals surface area (Å²) in [5.74, 6) is -1.40. The highest BCUT2D eigenvalue weighted by molar-refractivity contribution is 5.97. The van der Waals surface area contributed by atoms with Crippen LogP contribution in [0.1, 0.15) is 41.5 Å². The number of nitrogens with one attached hydrogen (secondary N) is 1. The number of carboxylic acids is 1. The van der Waals surface area contributed by atoms with Gasteiger partial charge in [0.05, 0.1) is 11.3 Å². The van der Waals surface area contributed by atoms with Crippen molar-refractivity contribution in [1.82, 2.24) is 10.3 Å². The monoisotopic (exact) mass is 250 g/mol. The number of carbonyl (C=O) groups is 2. The Kier molecular flexibility index (Phi) is 4.83. The molecule has 0 aliphatic heterocycles. The van der Waals surface area contributed by atoms with Crippen LogP contribution in [0.2, 0.25) is 0 Å². The topological polar surface area (TPSA) is 79.3 Å². The van der Waals surface area contributed by atoms with E-state index >= 15 is 0 Å². The molecule has 0 aliphatic carbocycles. The van der Waals surface area contributed by atoms with Crippen molar-refractivity contribution in [2.75, 3.05) is 0 Å². The zero-order valence-corrected chi connectivity index (χ0v) is 10.9. The van der Waals surface area contributed by atoms with Gasteiger partial charge in [0.25, 0.3) is 5.91 Å². The van der Waals surface area contributed by atoms with Crippen LogP contribution in [0, 0.1) is 13.8 Å². The number of nitrogens with zero attached hydrogens (tertiary/aromatic N) is 1. The van der Waals surface area contributed by atoms with E-state index in [-0.39, 0.29) is 5.91 Å². The zero-order valence-electron chi connectivity index (χ0n) is 10.9. The SMILES string of the molecule is CCC[C@H](NC(=O)c1ccc(C)nc1C)C(=O)O. The highest BCUT2D eigenvalue weighted by Gasteiger charge is 2.20. The Morgan fingerprint density at radius 1 is 1.39 bits per heavy atom. The number of aromatic nitrogens is 1. The normalized spacial score (nSPS) is 11.9. The molecule has 5 heteroatoms. The standard InChI is InChI=1S/C13H18N2O3/c1-4-5-11(13(17)18)15-12(16)10-7-6-8(2)14-9(10)3/h6-7,11H,4-5H2,1-3H3,(H,15,16)(H,17,18)/t11-/m0/s1. The lowest BCUT2D eigenvalue weighted by atomic mass is 10.1. The maximum absolute atomic E-state index is 12.0. The van der Waals surface area contributed by atoms with Gasteiger partial charge in [0.2, 0.25) is 0 Å². The van der Waals surface area contributed by atoms with Crippen LogP contribution in [0.3, 0.4) is 0 Å². The van der Waals surface area contributed by atoms with Crippen LogP contribution >= 0.6 is 0 Å². The minimum atomic E-state index is -1.01. The molecule has 0 bridgehead atoms. The van der Waals surface area contributed by atoms with Gasteiger partial charge in [0.15, 0.2) is 0 Å². The maximum atomic E-state index is 12.0. The Morgan fingerprint density at radius 2 is 2.06 bits per heavy atom. The van der Waals surface area contributed by atoms with E-state index in [9.17, 15) is 9.59 Å². The molecule has 18 heavy (non-hydrogen) atoms. The largest absolute Gasteiger partial charge is 0.480 e. The summed E-state index contributed by atoms with van der Waals surface area (Å²) in [6.45, 7) is 5.45. The van der Waals surface area contributed by atoms with Crippen LogP contribution in [0.4, 0.5) is 0 Å². The molecule has 1 aromatic heterocycles. The van der Waals surface area contributed by atoms with Crippen LogP contribution in [0.15, 0.2) is 12.1 Å². The number of aliphatic carboxylic acids is 1. The maximum Gasteiger partial charge on any atom is 0.326 e. The first-order valence-electron chi connectivity index (χ1n) is 5.93. The molecule has 0 spiro atoms. The average molecular weight is 250 g/mol. The second-order valence-electron chi connectivity index (χ2n) is 4.24. The highest BCUT2D eigenvalue weighted by atomic mass is 16.4. The van der Waals surface area contributed by atoms with Crippen molar-refractivity contribution in [3.8, 4) is 0 Å². The first-order valence-corrected chi connectivity index (χ1v) is 5.93. The van der Waals surface area contributed by atoms with E-state index in [2.05, 4.69) is 10.3 Å². The van der Waals surface area contributed by atoms with E-state index in [0.717, 1.165) is 5.69 Å². The molecule has 2 N–H and O–H groups in total. The van der Waals surface area contributed by atoms with Crippen molar-refractivity contribution in [1.29, 1.82) is 0 Å².